The molecule has 1 aromatic carbocycles. The van der Waals surface area contributed by atoms with Crippen molar-refractivity contribution in [1.29, 1.82) is 0 Å². The van der Waals surface area contributed by atoms with Gasteiger partial charge in [0.2, 0.25) is 0 Å². The Kier molecular flexibility index (Phi) is 7.11. The van der Waals surface area contributed by atoms with Gasteiger partial charge in [-0.2, -0.15) is 0 Å². The number of hydrogen-bond acceptors (Lipinski definition) is 2. The first-order valence-corrected chi connectivity index (χ1v) is 5.56. The lowest BCUT2D eigenvalue weighted by Gasteiger charge is -1.98. The Morgan fingerprint density at radius 1 is 1.19 bits per heavy atom. The minimum absolute atomic E-state index is 0.302. The minimum atomic E-state index is -0.963. The summed E-state index contributed by atoms with van der Waals surface area (Å²) in [7, 11) is 0. The molecule has 1 atom stereocenters. The first-order chi connectivity index (χ1) is 7.27. The van der Waals surface area contributed by atoms with Crippen molar-refractivity contribution in [3.63, 3.8) is 0 Å². The van der Waals surface area contributed by atoms with Crippen LogP contribution in [0, 0.1) is 0 Å². The van der Waals surface area contributed by atoms with Crippen molar-refractivity contribution in [2.24, 2.45) is 5.73 Å². The zero-order chi connectivity index (χ0) is 12.9. The Morgan fingerprint density at radius 3 is 1.62 bits per heavy atom. The molecule has 0 bridgehead atoms. The number of nitrogens with two attached hydrogens (primary N) is 1. The van der Waals surface area contributed by atoms with Crippen molar-refractivity contribution in [3.05, 3.63) is 32.2 Å². The fourth-order valence-electron chi connectivity index (χ4n) is 0.502. The molecule has 1 unspecified atom stereocenters. The summed E-state index contributed by atoms with van der Waals surface area (Å²) in [6.45, 7) is 1.42. The van der Waals surface area contributed by atoms with Gasteiger partial charge in [0.05, 0.1) is 20.1 Å². The van der Waals surface area contributed by atoms with Crippen molar-refractivity contribution in [3.8, 4) is 0 Å². The van der Waals surface area contributed by atoms with E-state index in [0.717, 1.165) is 0 Å². The van der Waals surface area contributed by atoms with Crippen LogP contribution in [0.2, 0.25) is 20.1 Å². The van der Waals surface area contributed by atoms with Crippen molar-refractivity contribution < 1.29 is 9.90 Å². The molecule has 0 heterocycles. The molecule has 7 heteroatoms. The monoisotopic (exact) mass is 303 g/mol. The summed E-state index contributed by atoms with van der Waals surface area (Å²) in [4.78, 5) is 9.57. The molecule has 0 radical (unpaired) electrons. The summed E-state index contributed by atoms with van der Waals surface area (Å²) in [5.41, 5.74) is 4.84. The number of carbonyl (C=O) groups is 1. The zero-order valence-electron chi connectivity index (χ0n) is 8.18. The molecular formula is C9H9Cl4NO2. The van der Waals surface area contributed by atoms with Crippen LogP contribution in [0.4, 0.5) is 0 Å². The van der Waals surface area contributed by atoms with Crippen LogP contribution in [0.25, 0.3) is 0 Å². The van der Waals surface area contributed by atoms with E-state index in [1.165, 1.54) is 6.92 Å². The number of carboxylic acids is 1. The lowest BCUT2D eigenvalue weighted by Crippen LogP contribution is -2.25. The molecule has 1 aromatic rings. The highest BCUT2D eigenvalue weighted by Gasteiger charge is 2.05. The second kappa shape index (κ2) is 7.20. The Bertz CT molecular complexity index is 355. The third-order valence-electron chi connectivity index (χ3n) is 1.38. The van der Waals surface area contributed by atoms with Crippen LogP contribution in [-0.4, -0.2) is 17.1 Å². The molecular weight excluding hydrogens is 296 g/mol. The van der Waals surface area contributed by atoms with Gasteiger partial charge in [0.1, 0.15) is 6.04 Å². The second-order valence-corrected chi connectivity index (χ2v) is 4.35. The van der Waals surface area contributed by atoms with Gasteiger partial charge in [-0.25, -0.2) is 0 Å². The molecule has 0 amide bonds. The lowest BCUT2D eigenvalue weighted by molar-refractivity contribution is -0.138. The van der Waals surface area contributed by atoms with Gasteiger partial charge in [-0.3, -0.25) is 4.79 Å². The maximum absolute atomic E-state index is 9.57. The summed E-state index contributed by atoms with van der Waals surface area (Å²) >= 11 is 22.5. The number of rotatable bonds is 1. The third kappa shape index (κ3) is 5.23. The van der Waals surface area contributed by atoms with Gasteiger partial charge in [0, 0.05) is 0 Å². The highest BCUT2D eigenvalue weighted by atomic mass is 35.5. The number of aliphatic carboxylic acids is 1. The normalized spacial score (nSPS) is 11.4. The van der Waals surface area contributed by atoms with Crippen molar-refractivity contribution in [2.75, 3.05) is 0 Å². The first-order valence-electron chi connectivity index (χ1n) is 4.04. The van der Waals surface area contributed by atoms with E-state index in [1.807, 2.05) is 0 Å². The van der Waals surface area contributed by atoms with E-state index < -0.39 is 12.0 Å². The van der Waals surface area contributed by atoms with E-state index in [0.29, 0.717) is 20.1 Å². The SMILES string of the molecule is CC(N)C(=O)O.Clc1ccc(Cl)c(Cl)c1Cl. The summed E-state index contributed by atoms with van der Waals surface area (Å²) in [6.07, 6.45) is 0. The molecule has 3 N–H and O–H groups in total. The third-order valence-corrected chi connectivity index (χ3v) is 3.08. The van der Waals surface area contributed by atoms with E-state index in [1.54, 1.807) is 12.1 Å². The van der Waals surface area contributed by atoms with E-state index in [2.05, 4.69) is 0 Å². The van der Waals surface area contributed by atoms with Crippen molar-refractivity contribution >= 4 is 52.4 Å². The van der Waals surface area contributed by atoms with Crippen LogP contribution in [0.5, 0.6) is 0 Å². The molecule has 0 fully saturated rings. The fraction of sp³-hybridized carbons (Fsp3) is 0.222. The molecule has 0 aromatic heterocycles. The molecule has 0 saturated carbocycles. The van der Waals surface area contributed by atoms with Gasteiger partial charge in [0.15, 0.2) is 0 Å². The van der Waals surface area contributed by atoms with E-state index >= 15 is 0 Å². The number of halogens is 4. The number of hydrogen-bond donors (Lipinski definition) is 2. The van der Waals surface area contributed by atoms with Gasteiger partial charge in [0.25, 0.3) is 0 Å². The first kappa shape index (κ1) is 15.8. The molecule has 0 aliphatic heterocycles. The number of benzene rings is 1. The maximum Gasteiger partial charge on any atom is 0.320 e. The van der Waals surface area contributed by atoms with Crippen LogP contribution >= 0.6 is 46.4 Å². The molecule has 0 aliphatic rings. The standard InChI is InChI=1S/C6H2Cl4.C3H7NO2/c7-3-1-2-4(8)6(10)5(3)9;1-2(4)3(5)6/h1-2H;2H,4H2,1H3,(H,5,6). The molecule has 0 spiro atoms. The summed E-state index contributed by atoms with van der Waals surface area (Å²) in [6, 6.07) is 2.46. The van der Waals surface area contributed by atoms with Crippen LogP contribution in [0.3, 0.4) is 0 Å². The van der Waals surface area contributed by atoms with E-state index in [9.17, 15) is 4.79 Å². The zero-order valence-corrected chi connectivity index (χ0v) is 11.2. The van der Waals surface area contributed by atoms with Crippen LogP contribution in [-0.2, 0) is 4.79 Å². The smallest absolute Gasteiger partial charge is 0.320 e. The Hall–Kier alpha value is -0.190. The highest BCUT2D eigenvalue weighted by molar-refractivity contribution is 6.51. The molecule has 0 saturated heterocycles. The molecule has 1 rings (SSSR count). The predicted molar refractivity (Wildman–Crippen MR) is 67.8 cm³/mol. The van der Waals surface area contributed by atoms with E-state index in [4.69, 9.17) is 57.2 Å². The van der Waals surface area contributed by atoms with Crippen LogP contribution in [0.1, 0.15) is 6.92 Å². The number of carboxylic acid groups (broad SMARTS) is 1. The minimum Gasteiger partial charge on any atom is -0.480 e. The maximum atomic E-state index is 9.57. The summed E-state index contributed by atoms with van der Waals surface area (Å²) in [5, 5.41) is 9.30. The molecule has 16 heavy (non-hydrogen) atoms. The van der Waals surface area contributed by atoms with Crippen LogP contribution < -0.4 is 5.73 Å². The van der Waals surface area contributed by atoms with Gasteiger partial charge < -0.3 is 10.8 Å². The average Bonchev–Trinajstić information content (AvgIpc) is 2.21. The lowest BCUT2D eigenvalue weighted by atomic mass is 10.4. The highest BCUT2D eigenvalue weighted by Crippen LogP contribution is 2.34. The van der Waals surface area contributed by atoms with Crippen molar-refractivity contribution in [1.82, 2.24) is 0 Å². The topological polar surface area (TPSA) is 63.3 Å². The fourth-order valence-corrected chi connectivity index (χ4v) is 1.24. The Labute approximate surface area is 113 Å². The molecule has 0 aliphatic carbocycles. The van der Waals surface area contributed by atoms with Gasteiger partial charge in [-0.15, -0.1) is 0 Å². The summed E-state index contributed by atoms with van der Waals surface area (Å²) < 4.78 is 0. The largest absolute Gasteiger partial charge is 0.480 e. The van der Waals surface area contributed by atoms with Crippen molar-refractivity contribution in [2.45, 2.75) is 13.0 Å². The molecule has 90 valence electrons. The van der Waals surface area contributed by atoms with Gasteiger partial charge in [-0.05, 0) is 19.1 Å². The van der Waals surface area contributed by atoms with Crippen LogP contribution in [0.15, 0.2) is 12.1 Å². The van der Waals surface area contributed by atoms with Gasteiger partial charge >= 0.3 is 5.97 Å². The van der Waals surface area contributed by atoms with Gasteiger partial charge in [-0.1, -0.05) is 46.4 Å². The Balaban J connectivity index is 0.000000325. The summed E-state index contributed by atoms with van der Waals surface area (Å²) in [5.74, 6) is -0.963. The van der Waals surface area contributed by atoms with E-state index in [-0.39, 0.29) is 0 Å². The predicted octanol–water partition coefficient (Wildman–Crippen LogP) is 3.72. The second-order valence-electron chi connectivity index (χ2n) is 2.78. The quantitative estimate of drug-likeness (QED) is 0.614. The molecule has 3 nitrogen and oxygen atoms in total. The average molecular weight is 305 g/mol. The Morgan fingerprint density at radius 2 is 1.44 bits per heavy atom.